The Labute approximate surface area is 143 Å². The lowest BCUT2D eigenvalue weighted by atomic mass is 10.1. The van der Waals surface area contributed by atoms with Gasteiger partial charge in [0, 0.05) is 10.9 Å². The molecule has 0 amide bonds. The molecular weight excluding hydrogens is 322 g/mol. The maximum absolute atomic E-state index is 6.25. The molecule has 118 valence electrons. The van der Waals surface area contributed by atoms with E-state index in [9.17, 15) is 0 Å². The highest BCUT2D eigenvalue weighted by atomic mass is 35.5. The monoisotopic (exact) mass is 335 g/mol. The van der Waals surface area contributed by atoms with Crippen LogP contribution in [0.25, 0.3) is 21.9 Å². The van der Waals surface area contributed by atoms with Gasteiger partial charge in [0.1, 0.15) is 5.15 Å². The summed E-state index contributed by atoms with van der Waals surface area (Å²) in [5, 5.41) is 5.64. The van der Waals surface area contributed by atoms with Crippen LogP contribution in [0.1, 0.15) is 11.1 Å². The number of aryl methyl sites for hydroxylation is 1. The smallest absolute Gasteiger partial charge is 0.222 e. The molecule has 4 aromatic rings. The Morgan fingerprint density at radius 2 is 1.96 bits per heavy atom. The van der Waals surface area contributed by atoms with E-state index in [1.807, 2.05) is 55.5 Å². The maximum atomic E-state index is 6.25. The number of hydrazone groups is 1. The van der Waals surface area contributed by atoms with Crippen molar-refractivity contribution in [3.05, 3.63) is 64.8 Å². The first-order valence-electron chi connectivity index (χ1n) is 7.50. The van der Waals surface area contributed by atoms with Crippen molar-refractivity contribution in [2.75, 3.05) is 5.43 Å². The van der Waals surface area contributed by atoms with Gasteiger partial charge in [0.05, 0.1) is 22.8 Å². The summed E-state index contributed by atoms with van der Waals surface area (Å²) in [4.78, 5) is 12.0. The van der Waals surface area contributed by atoms with Crippen molar-refractivity contribution < 1.29 is 0 Å². The zero-order valence-electron chi connectivity index (χ0n) is 12.9. The van der Waals surface area contributed by atoms with Gasteiger partial charge in [-0.25, -0.2) is 15.4 Å². The highest BCUT2D eigenvalue weighted by Crippen LogP contribution is 2.20. The average Bonchev–Trinajstić information content (AvgIpc) is 2.98. The van der Waals surface area contributed by atoms with Crippen LogP contribution >= 0.6 is 11.6 Å². The van der Waals surface area contributed by atoms with E-state index in [0.29, 0.717) is 11.1 Å². The highest BCUT2D eigenvalue weighted by molar-refractivity contribution is 6.32. The predicted octanol–water partition coefficient (Wildman–Crippen LogP) is 4.52. The van der Waals surface area contributed by atoms with E-state index >= 15 is 0 Å². The summed E-state index contributed by atoms with van der Waals surface area (Å²) in [6.45, 7) is 2.03. The third-order valence-corrected chi connectivity index (χ3v) is 4.02. The van der Waals surface area contributed by atoms with Crippen LogP contribution in [-0.2, 0) is 0 Å². The lowest BCUT2D eigenvalue weighted by Crippen LogP contribution is -1.94. The van der Waals surface area contributed by atoms with Gasteiger partial charge in [0.2, 0.25) is 5.95 Å². The molecule has 0 aliphatic rings. The molecule has 0 bridgehead atoms. The summed E-state index contributed by atoms with van der Waals surface area (Å²) in [6.07, 6.45) is 1.64. The third-order valence-electron chi connectivity index (χ3n) is 3.72. The van der Waals surface area contributed by atoms with E-state index in [1.165, 1.54) is 0 Å². The van der Waals surface area contributed by atoms with Crippen LogP contribution in [0.5, 0.6) is 0 Å². The van der Waals surface area contributed by atoms with Gasteiger partial charge in [-0.15, -0.1) is 0 Å². The number of hydrogen-bond donors (Lipinski definition) is 2. The van der Waals surface area contributed by atoms with Crippen molar-refractivity contribution in [1.29, 1.82) is 0 Å². The number of H-pyrrole nitrogens is 1. The Morgan fingerprint density at radius 3 is 2.83 bits per heavy atom. The fraction of sp³-hybridized carbons (Fsp3) is 0.0556. The van der Waals surface area contributed by atoms with Gasteiger partial charge < -0.3 is 4.98 Å². The van der Waals surface area contributed by atoms with Crippen molar-refractivity contribution in [3.8, 4) is 0 Å². The molecule has 2 heterocycles. The van der Waals surface area contributed by atoms with Crippen LogP contribution < -0.4 is 5.43 Å². The van der Waals surface area contributed by atoms with E-state index in [1.54, 1.807) is 6.21 Å². The minimum absolute atomic E-state index is 0.420. The summed E-state index contributed by atoms with van der Waals surface area (Å²) in [7, 11) is 0. The quantitative estimate of drug-likeness (QED) is 0.328. The number of anilines is 1. The van der Waals surface area contributed by atoms with Gasteiger partial charge >= 0.3 is 0 Å². The fourth-order valence-corrected chi connectivity index (χ4v) is 2.72. The largest absolute Gasteiger partial charge is 0.323 e. The first-order chi connectivity index (χ1) is 11.7. The topological polar surface area (TPSA) is 66.0 Å². The molecule has 0 saturated carbocycles. The van der Waals surface area contributed by atoms with Gasteiger partial charge in [-0.3, -0.25) is 0 Å². The molecule has 2 aromatic carbocycles. The first kappa shape index (κ1) is 14.7. The first-order valence-corrected chi connectivity index (χ1v) is 7.87. The van der Waals surface area contributed by atoms with Crippen molar-refractivity contribution in [1.82, 2.24) is 15.0 Å². The van der Waals surface area contributed by atoms with Gasteiger partial charge in [-0.05, 0) is 36.8 Å². The van der Waals surface area contributed by atoms with Crippen molar-refractivity contribution in [3.63, 3.8) is 0 Å². The van der Waals surface area contributed by atoms with Gasteiger partial charge in [0.15, 0.2) is 0 Å². The summed E-state index contributed by atoms with van der Waals surface area (Å²) in [5.41, 5.74) is 7.50. The predicted molar refractivity (Wildman–Crippen MR) is 98.8 cm³/mol. The molecule has 0 atom stereocenters. The molecule has 2 aromatic heterocycles. The number of nitrogens with zero attached hydrogens (tertiary/aromatic N) is 3. The normalized spacial score (nSPS) is 11.6. The standard InChI is InChI=1S/C18H14ClN5/c1-11-6-7-12-9-13(17(19)21-16(12)8-11)10-20-24-18-22-14-4-2-3-5-15(14)23-18/h2-10H,1H3,(H2,22,23,24). The molecule has 2 N–H and O–H groups in total. The summed E-state index contributed by atoms with van der Waals surface area (Å²) >= 11 is 6.25. The van der Waals surface area contributed by atoms with Crippen molar-refractivity contribution >= 4 is 45.7 Å². The number of rotatable bonds is 3. The number of para-hydroxylation sites is 2. The second-order valence-electron chi connectivity index (χ2n) is 5.54. The minimum atomic E-state index is 0.420. The number of imidazole rings is 1. The molecule has 6 heteroatoms. The number of aromatic amines is 1. The SMILES string of the molecule is Cc1ccc2cc(C=NNc3nc4ccccc4[nH]3)c(Cl)nc2c1. The van der Waals surface area contributed by atoms with Crippen LogP contribution in [0, 0.1) is 6.92 Å². The van der Waals surface area contributed by atoms with Crippen LogP contribution in [0.4, 0.5) is 5.95 Å². The van der Waals surface area contributed by atoms with Crippen molar-refractivity contribution in [2.45, 2.75) is 6.92 Å². The van der Waals surface area contributed by atoms with Gasteiger partial charge in [-0.2, -0.15) is 5.10 Å². The van der Waals surface area contributed by atoms with E-state index < -0.39 is 0 Å². The van der Waals surface area contributed by atoms with Crippen LogP contribution in [0.3, 0.4) is 0 Å². The van der Waals surface area contributed by atoms with E-state index in [2.05, 4.69) is 25.5 Å². The molecule has 0 aliphatic heterocycles. The second kappa shape index (κ2) is 5.94. The molecule has 0 aliphatic carbocycles. The number of nitrogens with one attached hydrogen (secondary N) is 2. The Bertz CT molecular complexity index is 1030. The van der Waals surface area contributed by atoms with Crippen LogP contribution in [0.15, 0.2) is 53.6 Å². The molecule has 0 fully saturated rings. The highest BCUT2D eigenvalue weighted by Gasteiger charge is 2.04. The summed E-state index contributed by atoms with van der Waals surface area (Å²) in [6, 6.07) is 15.8. The van der Waals surface area contributed by atoms with Gasteiger partial charge in [-0.1, -0.05) is 35.9 Å². The van der Waals surface area contributed by atoms with E-state index in [-0.39, 0.29) is 0 Å². The number of benzene rings is 2. The Kier molecular flexibility index (Phi) is 3.63. The van der Waals surface area contributed by atoms with E-state index in [4.69, 9.17) is 11.6 Å². The molecule has 4 rings (SSSR count). The molecule has 0 unspecified atom stereocenters. The molecular formula is C18H14ClN5. The second-order valence-corrected chi connectivity index (χ2v) is 5.90. The maximum Gasteiger partial charge on any atom is 0.222 e. The lowest BCUT2D eigenvalue weighted by Gasteiger charge is -2.03. The third kappa shape index (κ3) is 2.81. The zero-order chi connectivity index (χ0) is 16.5. The number of pyridine rings is 1. The molecule has 24 heavy (non-hydrogen) atoms. The number of hydrogen-bond acceptors (Lipinski definition) is 4. The molecule has 0 spiro atoms. The summed E-state index contributed by atoms with van der Waals surface area (Å²) < 4.78 is 0. The number of halogens is 1. The molecule has 5 nitrogen and oxygen atoms in total. The van der Waals surface area contributed by atoms with Crippen molar-refractivity contribution in [2.24, 2.45) is 5.10 Å². The number of fused-ring (bicyclic) bond motifs is 2. The average molecular weight is 336 g/mol. The van der Waals surface area contributed by atoms with Crippen LogP contribution in [0.2, 0.25) is 5.15 Å². The Morgan fingerprint density at radius 1 is 1.08 bits per heavy atom. The Hall–Kier alpha value is -2.92. The van der Waals surface area contributed by atoms with Gasteiger partial charge in [0.25, 0.3) is 0 Å². The molecule has 0 radical (unpaired) electrons. The minimum Gasteiger partial charge on any atom is -0.323 e. The zero-order valence-corrected chi connectivity index (χ0v) is 13.7. The summed E-state index contributed by atoms with van der Waals surface area (Å²) in [5.74, 6) is 0.577. The van der Waals surface area contributed by atoms with E-state index in [0.717, 1.165) is 33.1 Å². The lowest BCUT2D eigenvalue weighted by molar-refractivity contribution is 1.21. The molecule has 0 saturated heterocycles. The fourth-order valence-electron chi connectivity index (χ4n) is 2.53. The number of aromatic nitrogens is 3. The van der Waals surface area contributed by atoms with Crippen LogP contribution in [-0.4, -0.2) is 21.2 Å². The Balaban J connectivity index is 1.59.